The number of Topliss-reactive ketones (excluding diaryl/α,β-unsaturated/α-hetero) is 1. The average molecular weight is 476 g/mol. The maximum Gasteiger partial charge on any atom is 0.295 e. The standard InChI is InChI=1S/C21H22BrN3O5/c1-24(2)8-9-25-17(13-10-14(22)19(27)15(11-13)30-3)16(20(28)21(25)29)18(26)12-4-6-23-7-5-12/h4-7,10-11,17,26-27H,8-9H2,1-3H3. The number of aliphatic hydroxyl groups is 1. The highest BCUT2D eigenvalue weighted by Crippen LogP contribution is 2.44. The molecular weight excluding hydrogens is 454 g/mol. The number of likely N-dealkylation sites (N-methyl/N-ethyl adjacent to an activating group) is 1. The van der Waals surface area contributed by atoms with Crippen molar-refractivity contribution in [2.75, 3.05) is 34.3 Å². The number of benzene rings is 1. The summed E-state index contributed by atoms with van der Waals surface area (Å²) in [6.07, 6.45) is 2.98. The molecule has 2 aromatic rings. The van der Waals surface area contributed by atoms with Gasteiger partial charge in [0.25, 0.3) is 11.7 Å². The van der Waals surface area contributed by atoms with Crippen LogP contribution in [-0.4, -0.2) is 71.0 Å². The summed E-state index contributed by atoms with van der Waals surface area (Å²) in [5, 5.41) is 21.1. The molecule has 1 unspecified atom stereocenters. The zero-order chi connectivity index (χ0) is 22.0. The van der Waals surface area contributed by atoms with Crippen molar-refractivity contribution in [3.63, 3.8) is 0 Å². The third-order valence-corrected chi connectivity index (χ3v) is 5.47. The largest absolute Gasteiger partial charge is 0.507 e. The second-order valence-corrected chi connectivity index (χ2v) is 7.94. The molecule has 9 heteroatoms. The van der Waals surface area contributed by atoms with Crippen LogP contribution in [0.5, 0.6) is 11.5 Å². The van der Waals surface area contributed by atoms with Crippen LogP contribution in [-0.2, 0) is 9.59 Å². The van der Waals surface area contributed by atoms with Gasteiger partial charge >= 0.3 is 0 Å². The molecule has 2 heterocycles. The van der Waals surface area contributed by atoms with Gasteiger partial charge in [-0.3, -0.25) is 14.6 Å². The number of carbonyl (C=O) groups excluding carboxylic acids is 2. The number of phenols is 1. The lowest BCUT2D eigenvalue weighted by atomic mass is 9.95. The Morgan fingerprint density at radius 3 is 2.53 bits per heavy atom. The van der Waals surface area contributed by atoms with Gasteiger partial charge in [0, 0.05) is 31.0 Å². The maximum absolute atomic E-state index is 12.9. The number of likely N-dealkylation sites (tertiary alicyclic amines) is 1. The number of nitrogens with zero attached hydrogens (tertiary/aromatic N) is 3. The molecule has 8 nitrogen and oxygen atoms in total. The molecule has 1 saturated heterocycles. The number of hydrogen-bond acceptors (Lipinski definition) is 7. The number of phenolic OH excluding ortho intramolecular Hbond substituents is 1. The zero-order valence-electron chi connectivity index (χ0n) is 16.8. The van der Waals surface area contributed by atoms with E-state index in [2.05, 4.69) is 20.9 Å². The van der Waals surface area contributed by atoms with Crippen LogP contribution in [0.4, 0.5) is 0 Å². The maximum atomic E-state index is 12.9. The summed E-state index contributed by atoms with van der Waals surface area (Å²) in [7, 11) is 5.14. The summed E-state index contributed by atoms with van der Waals surface area (Å²) >= 11 is 3.29. The Morgan fingerprint density at radius 1 is 1.27 bits per heavy atom. The van der Waals surface area contributed by atoms with E-state index >= 15 is 0 Å². The predicted octanol–water partition coefficient (Wildman–Crippen LogP) is 2.54. The van der Waals surface area contributed by atoms with Crippen LogP contribution in [0.25, 0.3) is 5.76 Å². The van der Waals surface area contributed by atoms with Gasteiger partial charge in [0.2, 0.25) is 0 Å². The second-order valence-electron chi connectivity index (χ2n) is 7.09. The summed E-state index contributed by atoms with van der Waals surface area (Å²) in [6, 6.07) is 5.44. The smallest absolute Gasteiger partial charge is 0.295 e. The number of ketones is 1. The molecule has 0 bridgehead atoms. The van der Waals surface area contributed by atoms with E-state index < -0.39 is 17.7 Å². The van der Waals surface area contributed by atoms with Crippen molar-refractivity contribution in [1.82, 2.24) is 14.8 Å². The number of aliphatic hydroxyl groups excluding tert-OH is 1. The van der Waals surface area contributed by atoms with E-state index in [9.17, 15) is 19.8 Å². The SMILES string of the molecule is COc1cc(C2C(=C(O)c3ccncc3)C(=O)C(=O)N2CCN(C)C)cc(Br)c1O. The number of rotatable bonds is 6. The van der Waals surface area contributed by atoms with Gasteiger partial charge in [-0.25, -0.2) is 0 Å². The fourth-order valence-electron chi connectivity index (χ4n) is 3.34. The molecule has 1 aromatic carbocycles. The number of halogens is 1. The number of hydrogen-bond donors (Lipinski definition) is 2. The first-order chi connectivity index (χ1) is 14.3. The molecule has 1 aliphatic rings. The minimum absolute atomic E-state index is 0.0235. The molecule has 30 heavy (non-hydrogen) atoms. The van der Waals surface area contributed by atoms with Gasteiger partial charge in [0.05, 0.1) is 23.2 Å². The van der Waals surface area contributed by atoms with Gasteiger partial charge in [0.15, 0.2) is 11.5 Å². The van der Waals surface area contributed by atoms with Gasteiger partial charge in [-0.15, -0.1) is 0 Å². The number of aromatic hydroxyl groups is 1. The number of carbonyl (C=O) groups is 2. The third-order valence-electron chi connectivity index (χ3n) is 4.87. The second kappa shape index (κ2) is 8.85. The molecule has 3 rings (SSSR count). The first kappa shape index (κ1) is 21.8. The van der Waals surface area contributed by atoms with Gasteiger partial charge in [0.1, 0.15) is 5.76 Å². The summed E-state index contributed by atoms with van der Waals surface area (Å²) < 4.78 is 5.58. The van der Waals surface area contributed by atoms with Crippen molar-refractivity contribution in [3.05, 3.63) is 57.8 Å². The minimum atomic E-state index is -0.844. The highest BCUT2D eigenvalue weighted by molar-refractivity contribution is 9.10. The van der Waals surface area contributed by atoms with Crippen molar-refractivity contribution in [1.29, 1.82) is 0 Å². The van der Waals surface area contributed by atoms with E-state index in [1.165, 1.54) is 24.4 Å². The Kier molecular flexibility index (Phi) is 6.42. The molecule has 2 N–H and O–H groups in total. The van der Waals surface area contributed by atoms with Gasteiger partial charge in [-0.05, 0) is 59.9 Å². The fourth-order valence-corrected chi connectivity index (χ4v) is 3.80. The van der Waals surface area contributed by atoms with E-state index in [0.29, 0.717) is 22.1 Å². The topological polar surface area (TPSA) is 103 Å². The molecule has 0 radical (unpaired) electrons. The Balaban J connectivity index is 2.21. The Labute approximate surface area is 182 Å². The normalized spacial score (nSPS) is 18.3. The Bertz CT molecular complexity index is 1010. The van der Waals surface area contributed by atoms with Crippen LogP contribution < -0.4 is 4.74 Å². The summed E-state index contributed by atoms with van der Waals surface area (Å²) in [4.78, 5) is 33.0. The fraction of sp³-hybridized carbons (Fsp3) is 0.286. The molecule has 0 spiro atoms. The van der Waals surface area contributed by atoms with Crippen LogP contribution in [0.15, 0.2) is 46.7 Å². The van der Waals surface area contributed by atoms with E-state index in [1.54, 1.807) is 24.3 Å². The molecule has 0 saturated carbocycles. The molecule has 1 aliphatic heterocycles. The van der Waals surface area contributed by atoms with Crippen LogP contribution in [0.1, 0.15) is 17.2 Å². The molecule has 1 atom stereocenters. The molecule has 1 aromatic heterocycles. The minimum Gasteiger partial charge on any atom is -0.507 e. The van der Waals surface area contributed by atoms with E-state index in [4.69, 9.17) is 4.74 Å². The van der Waals surface area contributed by atoms with Crippen molar-refractivity contribution in [2.24, 2.45) is 0 Å². The van der Waals surface area contributed by atoms with Crippen molar-refractivity contribution in [2.45, 2.75) is 6.04 Å². The number of methoxy groups -OCH3 is 1. The first-order valence-electron chi connectivity index (χ1n) is 9.16. The van der Waals surface area contributed by atoms with Crippen LogP contribution in [0.3, 0.4) is 0 Å². The quantitative estimate of drug-likeness (QED) is 0.375. The highest BCUT2D eigenvalue weighted by atomic mass is 79.9. The van der Waals surface area contributed by atoms with Crippen molar-refractivity contribution in [3.8, 4) is 11.5 Å². The number of aromatic nitrogens is 1. The number of pyridine rings is 1. The summed E-state index contributed by atoms with van der Waals surface area (Å²) in [6.45, 7) is 0.797. The summed E-state index contributed by atoms with van der Waals surface area (Å²) in [5.74, 6) is -1.66. The van der Waals surface area contributed by atoms with Crippen LogP contribution >= 0.6 is 15.9 Å². The lowest BCUT2D eigenvalue weighted by Gasteiger charge is -2.27. The van der Waals surface area contributed by atoms with Crippen LogP contribution in [0, 0.1) is 0 Å². The monoisotopic (exact) mass is 475 g/mol. The van der Waals surface area contributed by atoms with Crippen molar-refractivity contribution >= 4 is 33.4 Å². The Morgan fingerprint density at radius 2 is 1.93 bits per heavy atom. The van der Waals surface area contributed by atoms with Crippen LogP contribution in [0.2, 0.25) is 0 Å². The molecular formula is C21H22BrN3O5. The number of amides is 1. The Hall–Kier alpha value is -2.91. The average Bonchev–Trinajstić information content (AvgIpc) is 2.98. The molecule has 1 fully saturated rings. The van der Waals surface area contributed by atoms with Gasteiger partial charge < -0.3 is 24.7 Å². The zero-order valence-corrected chi connectivity index (χ0v) is 18.4. The van der Waals surface area contributed by atoms with E-state index in [0.717, 1.165) is 0 Å². The third kappa shape index (κ3) is 4.03. The lowest BCUT2D eigenvalue weighted by Crippen LogP contribution is -2.35. The van der Waals surface area contributed by atoms with Gasteiger partial charge in [-0.1, -0.05) is 0 Å². The molecule has 1 amide bonds. The lowest BCUT2D eigenvalue weighted by molar-refractivity contribution is -0.140. The molecule has 0 aliphatic carbocycles. The predicted molar refractivity (Wildman–Crippen MR) is 114 cm³/mol. The highest BCUT2D eigenvalue weighted by Gasteiger charge is 2.46. The number of ether oxygens (including phenoxy) is 1. The van der Waals surface area contributed by atoms with E-state index in [-0.39, 0.29) is 29.4 Å². The van der Waals surface area contributed by atoms with Crippen molar-refractivity contribution < 1.29 is 24.5 Å². The first-order valence-corrected chi connectivity index (χ1v) is 9.95. The van der Waals surface area contributed by atoms with Gasteiger partial charge in [-0.2, -0.15) is 0 Å². The van der Waals surface area contributed by atoms with E-state index in [1.807, 2.05) is 19.0 Å². The molecule has 158 valence electrons. The summed E-state index contributed by atoms with van der Waals surface area (Å²) in [5.41, 5.74) is 0.875.